The zero-order valence-electron chi connectivity index (χ0n) is 10.2. The van der Waals surface area contributed by atoms with Crippen LogP contribution in [0, 0.1) is 5.92 Å². The summed E-state index contributed by atoms with van der Waals surface area (Å²) in [5.74, 6) is 0.899. The molecule has 0 heteroatoms. The summed E-state index contributed by atoms with van der Waals surface area (Å²) >= 11 is 0. The smallest absolute Gasteiger partial charge is 0.0314 e. The lowest BCUT2D eigenvalue weighted by Crippen LogP contribution is -1.91. The minimum Gasteiger partial charge on any atom is -0.103 e. The van der Waals surface area contributed by atoms with Crippen molar-refractivity contribution in [2.45, 2.75) is 59.3 Å². The van der Waals surface area contributed by atoms with Crippen LogP contribution in [0.1, 0.15) is 59.3 Å². The zero-order chi connectivity index (χ0) is 10.8. The molecule has 0 bridgehead atoms. The molecule has 14 heavy (non-hydrogen) atoms. The van der Waals surface area contributed by atoms with Crippen molar-refractivity contribution in [3.05, 3.63) is 24.3 Å². The Balaban J connectivity index is 3.47. The average molecular weight is 194 g/mol. The van der Waals surface area contributed by atoms with Crippen LogP contribution in [-0.2, 0) is 0 Å². The van der Waals surface area contributed by atoms with E-state index in [4.69, 9.17) is 0 Å². The van der Waals surface area contributed by atoms with Crippen molar-refractivity contribution in [2.75, 3.05) is 0 Å². The van der Waals surface area contributed by atoms with Gasteiger partial charge in [-0.25, -0.2) is 0 Å². The zero-order valence-corrected chi connectivity index (χ0v) is 10.2. The molecule has 0 radical (unpaired) electrons. The van der Waals surface area contributed by atoms with E-state index in [-0.39, 0.29) is 0 Å². The number of hydrogen-bond donors (Lipinski definition) is 0. The molecule has 0 unspecified atom stereocenters. The van der Waals surface area contributed by atoms with E-state index in [1.54, 1.807) is 5.57 Å². The SMILES string of the molecule is C=CCC/C=C(\C)CCC[C@@H](C)CC. The first-order valence-electron chi connectivity index (χ1n) is 5.97. The molecule has 1 atom stereocenters. The maximum atomic E-state index is 3.72. The molecule has 0 aromatic rings. The van der Waals surface area contributed by atoms with Crippen molar-refractivity contribution in [1.29, 1.82) is 0 Å². The molecule has 0 spiro atoms. The van der Waals surface area contributed by atoms with Gasteiger partial charge in [0.1, 0.15) is 0 Å². The number of allylic oxidation sites excluding steroid dienone is 3. The van der Waals surface area contributed by atoms with E-state index in [1.807, 2.05) is 6.08 Å². The topological polar surface area (TPSA) is 0 Å². The van der Waals surface area contributed by atoms with Crippen LogP contribution >= 0.6 is 0 Å². The summed E-state index contributed by atoms with van der Waals surface area (Å²) in [5.41, 5.74) is 1.55. The van der Waals surface area contributed by atoms with E-state index in [9.17, 15) is 0 Å². The number of rotatable bonds is 8. The van der Waals surface area contributed by atoms with Crippen LogP contribution in [-0.4, -0.2) is 0 Å². The third kappa shape index (κ3) is 8.10. The highest BCUT2D eigenvalue weighted by Gasteiger charge is 1.98. The van der Waals surface area contributed by atoms with Gasteiger partial charge in [0.05, 0.1) is 0 Å². The monoisotopic (exact) mass is 194 g/mol. The van der Waals surface area contributed by atoms with E-state index in [0.29, 0.717) is 0 Å². The minimum absolute atomic E-state index is 0.899. The first-order chi connectivity index (χ1) is 6.70. The maximum Gasteiger partial charge on any atom is -0.0314 e. The van der Waals surface area contributed by atoms with Gasteiger partial charge in [0.25, 0.3) is 0 Å². The minimum atomic E-state index is 0.899. The molecule has 0 fully saturated rings. The third-order valence-electron chi connectivity index (χ3n) is 2.83. The predicted molar refractivity (Wildman–Crippen MR) is 66.5 cm³/mol. The summed E-state index contributed by atoms with van der Waals surface area (Å²) in [4.78, 5) is 0. The van der Waals surface area contributed by atoms with Crippen molar-refractivity contribution in [2.24, 2.45) is 5.92 Å². The summed E-state index contributed by atoms with van der Waals surface area (Å²) in [5, 5.41) is 0. The van der Waals surface area contributed by atoms with Crippen LogP contribution in [0.5, 0.6) is 0 Å². The molecule has 0 aromatic heterocycles. The fourth-order valence-corrected chi connectivity index (χ4v) is 1.48. The normalized spacial score (nSPS) is 14.1. The van der Waals surface area contributed by atoms with Crippen LogP contribution < -0.4 is 0 Å². The Morgan fingerprint density at radius 2 is 2.07 bits per heavy atom. The maximum absolute atomic E-state index is 3.72. The van der Waals surface area contributed by atoms with Gasteiger partial charge in [0, 0.05) is 0 Å². The Morgan fingerprint density at radius 1 is 1.36 bits per heavy atom. The molecule has 0 saturated carbocycles. The van der Waals surface area contributed by atoms with Crippen LogP contribution in [0.3, 0.4) is 0 Å². The van der Waals surface area contributed by atoms with Gasteiger partial charge >= 0.3 is 0 Å². The third-order valence-corrected chi connectivity index (χ3v) is 2.83. The molecule has 82 valence electrons. The molecular formula is C14H26. The highest BCUT2D eigenvalue weighted by atomic mass is 14.0. The molecule has 0 aliphatic carbocycles. The molecule has 0 aliphatic heterocycles. The first kappa shape index (κ1) is 13.5. The van der Waals surface area contributed by atoms with Crippen molar-refractivity contribution in [3.8, 4) is 0 Å². The van der Waals surface area contributed by atoms with E-state index in [0.717, 1.165) is 12.3 Å². The summed E-state index contributed by atoms with van der Waals surface area (Å²) in [6, 6.07) is 0. The van der Waals surface area contributed by atoms with Crippen LogP contribution in [0.2, 0.25) is 0 Å². The van der Waals surface area contributed by atoms with Gasteiger partial charge in [-0.15, -0.1) is 6.58 Å². The molecule has 0 rings (SSSR count). The van der Waals surface area contributed by atoms with Gasteiger partial charge < -0.3 is 0 Å². The van der Waals surface area contributed by atoms with E-state index in [1.165, 1.54) is 32.1 Å². The van der Waals surface area contributed by atoms with Gasteiger partial charge in [-0.3, -0.25) is 0 Å². The van der Waals surface area contributed by atoms with Gasteiger partial charge in [-0.05, 0) is 38.5 Å². The summed E-state index contributed by atoms with van der Waals surface area (Å²) in [6.07, 6.45) is 12.0. The lowest BCUT2D eigenvalue weighted by Gasteiger charge is -2.07. The Hall–Kier alpha value is -0.520. The van der Waals surface area contributed by atoms with Crippen LogP contribution in [0.4, 0.5) is 0 Å². The molecular weight excluding hydrogens is 168 g/mol. The molecule has 0 heterocycles. The molecule has 0 aromatic carbocycles. The average Bonchev–Trinajstić information content (AvgIpc) is 2.18. The number of unbranched alkanes of at least 4 members (excludes halogenated alkanes) is 1. The second-order valence-corrected chi connectivity index (χ2v) is 4.32. The lowest BCUT2D eigenvalue weighted by atomic mass is 9.99. The van der Waals surface area contributed by atoms with Gasteiger partial charge in [0.15, 0.2) is 0 Å². The standard InChI is InChI=1S/C14H26/c1-5-7-8-10-14(4)12-9-11-13(3)6-2/h5,10,13H,1,6-9,11-12H2,2-4H3/b14-10+/t13-/m0/s1. The van der Waals surface area contributed by atoms with E-state index < -0.39 is 0 Å². The van der Waals surface area contributed by atoms with E-state index >= 15 is 0 Å². The quantitative estimate of drug-likeness (QED) is 0.372. The number of hydrogen-bond acceptors (Lipinski definition) is 0. The summed E-state index contributed by atoms with van der Waals surface area (Å²) < 4.78 is 0. The summed E-state index contributed by atoms with van der Waals surface area (Å²) in [6.45, 7) is 10.6. The first-order valence-corrected chi connectivity index (χ1v) is 5.97. The Labute approximate surface area is 90.1 Å². The van der Waals surface area contributed by atoms with Gasteiger partial charge in [-0.1, -0.05) is 44.4 Å². The molecule has 0 saturated heterocycles. The molecule has 0 amide bonds. The fraction of sp³-hybridized carbons (Fsp3) is 0.714. The van der Waals surface area contributed by atoms with E-state index in [2.05, 4.69) is 33.4 Å². The van der Waals surface area contributed by atoms with Crippen molar-refractivity contribution in [3.63, 3.8) is 0 Å². The van der Waals surface area contributed by atoms with Crippen LogP contribution in [0.15, 0.2) is 24.3 Å². The highest BCUT2D eigenvalue weighted by molar-refractivity contribution is 4.98. The van der Waals surface area contributed by atoms with Gasteiger partial charge in [-0.2, -0.15) is 0 Å². The van der Waals surface area contributed by atoms with Crippen molar-refractivity contribution in [1.82, 2.24) is 0 Å². The Bertz CT molecular complexity index is 165. The Morgan fingerprint density at radius 3 is 2.64 bits per heavy atom. The van der Waals surface area contributed by atoms with Crippen molar-refractivity contribution < 1.29 is 0 Å². The largest absolute Gasteiger partial charge is 0.103 e. The molecule has 0 aliphatic rings. The second-order valence-electron chi connectivity index (χ2n) is 4.32. The Kier molecular flexibility index (Phi) is 8.72. The molecule has 0 N–H and O–H groups in total. The molecule has 0 nitrogen and oxygen atoms in total. The van der Waals surface area contributed by atoms with Crippen molar-refractivity contribution >= 4 is 0 Å². The predicted octanol–water partition coefficient (Wildman–Crippen LogP) is 5.12. The lowest BCUT2D eigenvalue weighted by molar-refractivity contribution is 0.495. The summed E-state index contributed by atoms with van der Waals surface area (Å²) in [7, 11) is 0. The highest BCUT2D eigenvalue weighted by Crippen LogP contribution is 2.15. The fourth-order valence-electron chi connectivity index (χ4n) is 1.48. The van der Waals surface area contributed by atoms with Crippen LogP contribution in [0.25, 0.3) is 0 Å². The van der Waals surface area contributed by atoms with Gasteiger partial charge in [0.2, 0.25) is 0 Å². The second kappa shape index (κ2) is 9.05.